The van der Waals surface area contributed by atoms with E-state index in [1.54, 1.807) is 44.6 Å². The molecule has 7 nitrogen and oxygen atoms in total. The highest BCUT2D eigenvalue weighted by Crippen LogP contribution is 2.36. The molecule has 0 atom stereocenters. The molecule has 0 aliphatic rings. The van der Waals surface area contributed by atoms with E-state index in [0.29, 0.717) is 28.3 Å². The summed E-state index contributed by atoms with van der Waals surface area (Å²) >= 11 is 0. The zero-order valence-electron chi connectivity index (χ0n) is 15.9. The molecule has 0 saturated heterocycles. The van der Waals surface area contributed by atoms with Gasteiger partial charge in [0, 0.05) is 43.3 Å². The van der Waals surface area contributed by atoms with Gasteiger partial charge in [-0.15, -0.1) is 0 Å². The third kappa shape index (κ3) is 4.32. The summed E-state index contributed by atoms with van der Waals surface area (Å²) in [6.07, 6.45) is 5.37. The minimum Gasteiger partial charge on any atom is -0.452 e. The summed E-state index contributed by atoms with van der Waals surface area (Å²) in [6.45, 7) is 3.43. The number of rotatable bonds is 6. The van der Waals surface area contributed by atoms with Gasteiger partial charge >= 0.3 is 0 Å². The molecule has 0 aliphatic carbocycles. The fourth-order valence-corrected chi connectivity index (χ4v) is 2.71. The molecular formula is C21H19FN4O3. The molecule has 0 saturated carbocycles. The Morgan fingerprint density at radius 1 is 1.28 bits per heavy atom. The number of hydrogen-bond acceptors (Lipinski definition) is 5. The number of amides is 1. The van der Waals surface area contributed by atoms with E-state index in [0.717, 1.165) is 6.08 Å². The first kappa shape index (κ1) is 19.8. The Balaban J connectivity index is 2.15. The van der Waals surface area contributed by atoms with E-state index in [4.69, 9.17) is 4.74 Å². The van der Waals surface area contributed by atoms with Gasteiger partial charge in [0.2, 0.25) is 5.91 Å². The summed E-state index contributed by atoms with van der Waals surface area (Å²) < 4.78 is 21.2. The maximum Gasteiger partial charge on any atom is 0.273 e. The van der Waals surface area contributed by atoms with Gasteiger partial charge in [0.15, 0.2) is 11.6 Å². The monoisotopic (exact) mass is 394 g/mol. The van der Waals surface area contributed by atoms with Gasteiger partial charge in [0.1, 0.15) is 11.4 Å². The van der Waals surface area contributed by atoms with Crippen molar-refractivity contribution in [2.24, 2.45) is 7.05 Å². The minimum atomic E-state index is -0.564. The van der Waals surface area contributed by atoms with Crippen LogP contribution in [-0.2, 0) is 11.8 Å². The van der Waals surface area contributed by atoms with Crippen molar-refractivity contribution in [3.05, 3.63) is 77.7 Å². The molecule has 0 spiro atoms. The van der Waals surface area contributed by atoms with Crippen LogP contribution in [0.1, 0.15) is 0 Å². The third-order valence-corrected chi connectivity index (χ3v) is 4.15. The molecule has 0 fully saturated rings. The van der Waals surface area contributed by atoms with E-state index in [-0.39, 0.29) is 17.2 Å². The summed E-state index contributed by atoms with van der Waals surface area (Å²) in [5.74, 6) is -0.657. The molecule has 1 aromatic carbocycles. The van der Waals surface area contributed by atoms with Crippen LogP contribution in [0.5, 0.6) is 11.5 Å². The van der Waals surface area contributed by atoms with E-state index < -0.39 is 5.82 Å². The topological polar surface area (TPSA) is 85.2 Å². The SMILES string of the molecule is C=CC(=O)Nc1ccc(Oc2cnccc2F)c(-c2cc(NC)c(=O)n(C)c2)c1. The van der Waals surface area contributed by atoms with Gasteiger partial charge in [-0.2, -0.15) is 0 Å². The lowest BCUT2D eigenvalue weighted by Gasteiger charge is -2.15. The second-order valence-electron chi connectivity index (χ2n) is 6.12. The summed E-state index contributed by atoms with van der Waals surface area (Å²) in [4.78, 5) is 27.8. The summed E-state index contributed by atoms with van der Waals surface area (Å²) in [5, 5.41) is 5.53. The van der Waals surface area contributed by atoms with Crippen molar-refractivity contribution in [3.8, 4) is 22.6 Å². The summed E-state index contributed by atoms with van der Waals surface area (Å²) in [6, 6.07) is 7.74. The van der Waals surface area contributed by atoms with Gasteiger partial charge in [-0.3, -0.25) is 14.6 Å². The van der Waals surface area contributed by atoms with Gasteiger partial charge < -0.3 is 19.9 Å². The predicted octanol–water partition coefficient (Wildman–Crippen LogP) is 3.54. The number of ether oxygens (including phenoxy) is 1. The minimum absolute atomic E-state index is 0.0460. The lowest BCUT2D eigenvalue weighted by atomic mass is 10.0. The summed E-state index contributed by atoms with van der Waals surface area (Å²) in [5.41, 5.74) is 1.84. The van der Waals surface area contributed by atoms with Crippen LogP contribution in [0.3, 0.4) is 0 Å². The van der Waals surface area contributed by atoms with Crippen molar-refractivity contribution >= 4 is 17.3 Å². The number of carbonyl (C=O) groups is 1. The zero-order valence-corrected chi connectivity index (χ0v) is 15.9. The molecule has 3 rings (SSSR count). The predicted molar refractivity (Wildman–Crippen MR) is 110 cm³/mol. The molecule has 0 unspecified atom stereocenters. The van der Waals surface area contributed by atoms with E-state index in [1.807, 2.05) is 0 Å². The lowest BCUT2D eigenvalue weighted by Crippen LogP contribution is -2.19. The van der Waals surface area contributed by atoms with E-state index >= 15 is 0 Å². The van der Waals surface area contributed by atoms with Crippen molar-refractivity contribution in [1.82, 2.24) is 9.55 Å². The fourth-order valence-electron chi connectivity index (χ4n) is 2.71. The van der Waals surface area contributed by atoms with Crippen LogP contribution < -0.4 is 20.9 Å². The molecule has 3 aromatic rings. The molecule has 2 heterocycles. The highest BCUT2D eigenvalue weighted by atomic mass is 19.1. The number of nitrogens with zero attached hydrogens (tertiary/aromatic N) is 2. The van der Waals surface area contributed by atoms with Crippen LogP contribution in [0.15, 0.2) is 66.4 Å². The zero-order chi connectivity index (χ0) is 21.0. The Morgan fingerprint density at radius 3 is 2.76 bits per heavy atom. The molecule has 8 heteroatoms. The highest BCUT2D eigenvalue weighted by Gasteiger charge is 2.14. The van der Waals surface area contributed by atoms with Gasteiger partial charge in [-0.25, -0.2) is 4.39 Å². The highest BCUT2D eigenvalue weighted by molar-refractivity contribution is 5.99. The Kier molecular flexibility index (Phi) is 5.73. The number of hydrogen-bond donors (Lipinski definition) is 2. The number of halogens is 1. The number of aromatic nitrogens is 2. The Hall–Kier alpha value is -3.94. The Morgan fingerprint density at radius 2 is 2.07 bits per heavy atom. The number of benzene rings is 1. The molecule has 2 N–H and O–H groups in total. The van der Waals surface area contributed by atoms with Crippen LogP contribution in [0.2, 0.25) is 0 Å². The van der Waals surface area contributed by atoms with Crippen LogP contribution in [0, 0.1) is 5.82 Å². The molecule has 148 valence electrons. The third-order valence-electron chi connectivity index (χ3n) is 4.15. The average Bonchev–Trinajstić information content (AvgIpc) is 2.72. The normalized spacial score (nSPS) is 10.3. The Labute approximate surface area is 166 Å². The molecule has 0 radical (unpaired) electrons. The van der Waals surface area contributed by atoms with E-state index in [2.05, 4.69) is 22.2 Å². The van der Waals surface area contributed by atoms with Gasteiger partial charge in [-0.1, -0.05) is 6.58 Å². The first-order valence-corrected chi connectivity index (χ1v) is 8.66. The van der Waals surface area contributed by atoms with E-state index in [1.165, 1.54) is 23.0 Å². The van der Waals surface area contributed by atoms with Gasteiger partial charge in [0.05, 0.1) is 6.20 Å². The second kappa shape index (κ2) is 8.39. The van der Waals surface area contributed by atoms with Crippen LogP contribution in [-0.4, -0.2) is 22.5 Å². The van der Waals surface area contributed by atoms with Crippen LogP contribution in [0.25, 0.3) is 11.1 Å². The number of anilines is 2. The number of nitrogens with one attached hydrogen (secondary N) is 2. The van der Waals surface area contributed by atoms with Gasteiger partial charge in [0.25, 0.3) is 5.56 Å². The number of carbonyl (C=O) groups excluding carboxylic acids is 1. The van der Waals surface area contributed by atoms with Crippen molar-refractivity contribution in [3.63, 3.8) is 0 Å². The molecule has 2 aromatic heterocycles. The van der Waals surface area contributed by atoms with Gasteiger partial charge in [-0.05, 0) is 36.4 Å². The Bertz CT molecular complexity index is 1140. The van der Waals surface area contributed by atoms with Crippen molar-refractivity contribution in [2.45, 2.75) is 0 Å². The molecule has 0 aliphatic heterocycles. The van der Waals surface area contributed by atoms with Crippen molar-refractivity contribution < 1.29 is 13.9 Å². The van der Waals surface area contributed by atoms with Crippen molar-refractivity contribution in [2.75, 3.05) is 17.7 Å². The van der Waals surface area contributed by atoms with Crippen LogP contribution in [0.4, 0.5) is 15.8 Å². The summed E-state index contributed by atoms with van der Waals surface area (Å²) in [7, 11) is 3.26. The van der Waals surface area contributed by atoms with E-state index in [9.17, 15) is 14.0 Å². The molecule has 29 heavy (non-hydrogen) atoms. The molecule has 0 bridgehead atoms. The van der Waals surface area contributed by atoms with Crippen LogP contribution >= 0.6 is 0 Å². The first-order valence-electron chi connectivity index (χ1n) is 8.66. The van der Waals surface area contributed by atoms with Crippen molar-refractivity contribution in [1.29, 1.82) is 0 Å². The smallest absolute Gasteiger partial charge is 0.273 e. The molecular weight excluding hydrogens is 375 g/mol. The standard InChI is InChI=1S/C21H19FN4O3/c1-4-20(27)25-14-5-6-18(29-19-11-24-8-7-16(19)22)15(10-14)13-9-17(23-2)21(28)26(3)12-13/h4-12,23H,1H2,2-3H3,(H,25,27). The fraction of sp³-hybridized carbons (Fsp3) is 0.0952. The first-order chi connectivity index (χ1) is 13.9. The molecule has 1 amide bonds. The lowest BCUT2D eigenvalue weighted by molar-refractivity contribution is -0.111. The largest absolute Gasteiger partial charge is 0.452 e. The number of aryl methyl sites for hydroxylation is 1. The second-order valence-corrected chi connectivity index (χ2v) is 6.12. The quantitative estimate of drug-likeness (QED) is 0.625. The maximum absolute atomic E-state index is 14.1. The average molecular weight is 394 g/mol. The number of pyridine rings is 2. The maximum atomic E-state index is 14.1.